The van der Waals surface area contributed by atoms with Gasteiger partial charge in [-0.15, -0.1) is 5.10 Å². The normalized spacial score (nSPS) is 12.8. The Labute approximate surface area is 92.1 Å². The smallest absolute Gasteiger partial charge is 0.390 e. The summed E-state index contributed by atoms with van der Waals surface area (Å²) in [6, 6.07) is -0.929. The predicted molar refractivity (Wildman–Crippen MR) is 53.3 cm³/mol. The number of aliphatic imine (C=N–C) groups is 1. The summed E-state index contributed by atoms with van der Waals surface area (Å²) >= 11 is 0. The Morgan fingerprint density at radius 3 is 2.35 bits per heavy atom. The number of aromatic nitrogens is 3. The zero-order chi connectivity index (χ0) is 12.8. The Bertz CT molecular complexity index is 487. The van der Waals surface area contributed by atoms with E-state index in [-0.39, 0.29) is 5.95 Å². The highest BCUT2D eigenvalue weighted by molar-refractivity contribution is 5.93. The third-order valence-corrected chi connectivity index (χ3v) is 1.22. The van der Waals surface area contributed by atoms with Crippen LogP contribution in [-0.4, -0.2) is 32.1 Å². The van der Waals surface area contributed by atoms with Crippen LogP contribution in [0.15, 0.2) is 15.2 Å². The van der Waals surface area contributed by atoms with E-state index in [9.17, 15) is 14.9 Å². The van der Waals surface area contributed by atoms with Gasteiger partial charge in [-0.2, -0.15) is 4.98 Å². The number of guanidine groups is 1. The maximum atomic E-state index is 10.0. The van der Waals surface area contributed by atoms with Crippen molar-refractivity contribution in [3.05, 3.63) is 10.1 Å². The number of nitrogens with two attached hydrogens (primary N) is 2. The predicted octanol–water partition coefficient (Wildman–Crippen LogP) is -1.12. The molecule has 0 fully saturated rings. The number of nitrogen functional groups attached to an aromatic ring is 2. The number of nitrogens with one attached hydrogen (secondary N) is 2. The molecular weight excluding hydrogens is 236 g/mol. The van der Waals surface area contributed by atoms with Gasteiger partial charge in [0.2, 0.25) is 5.95 Å². The molecule has 1 aliphatic rings. The number of nitro groups is 1. The highest BCUT2D eigenvalue weighted by atomic mass is 16.6. The maximum absolute atomic E-state index is 10.0. The summed E-state index contributed by atoms with van der Waals surface area (Å²) in [6.45, 7) is 0. The second-order valence-corrected chi connectivity index (χ2v) is 2.34. The van der Waals surface area contributed by atoms with Gasteiger partial charge in [0, 0.05) is 10.1 Å². The summed E-state index contributed by atoms with van der Waals surface area (Å²) in [7, 11) is 0. The van der Waals surface area contributed by atoms with E-state index in [0.29, 0.717) is 5.95 Å². The van der Waals surface area contributed by atoms with E-state index in [2.05, 4.69) is 35.8 Å². The van der Waals surface area contributed by atoms with Crippen molar-refractivity contribution < 1.29 is 9.72 Å². The Morgan fingerprint density at radius 2 is 2.12 bits per heavy atom. The Balaban J connectivity index is 0.000000171. The fourth-order valence-corrected chi connectivity index (χ4v) is 0.634. The van der Waals surface area contributed by atoms with Crippen molar-refractivity contribution in [3.8, 4) is 0 Å². The third-order valence-electron chi connectivity index (χ3n) is 1.22. The second-order valence-electron chi connectivity index (χ2n) is 2.34. The second kappa shape index (κ2) is 5.21. The number of hydrogen-bond acceptors (Lipinski definition) is 9. The molecule has 0 radical (unpaired) electrons. The fraction of sp³-hybridized carbons (Fsp3) is 0. The van der Waals surface area contributed by atoms with Crippen LogP contribution in [0.1, 0.15) is 0 Å². The molecule has 17 heavy (non-hydrogen) atoms. The minimum Gasteiger partial charge on any atom is -0.390 e. The molecule has 0 spiro atoms. The number of urea groups is 1. The number of hydrazine groups is 1. The first-order valence-corrected chi connectivity index (χ1v) is 3.86. The van der Waals surface area contributed by atoms with Gasteiger partial charge in [-0.1, -0.05) is 0 Å². The van der Waals surface area contributed by atoms with Gasteiger partial charge in [0.05, 0.1) is 5.11 Å². The van der Waals surface area contributed by atoms with E-state index >= 15 is 0 Å². The summed E-state index contributed by atoms with van der Waals surface area (Å²) in [5, 5.41) is 21.3. The molecule has 1 aromatic heterocycles. The highest BCUT2D eigenvalue weighted by Crippen LogP contribution is 1.97. The zero-order valence-electron chi connectivity index (χ0n) is 8.06. The van der Waals surface area contributed by atoms with Gasteiger partial charge in [-0.25, -0.2) is 15.7 Å². The maximum Gasteiger partial charge on any atom is 0.496 e. The summed E-state index contributed by atoms with van der Waals surface area (Å²) < 4.78 is 0. The average molecular weight is 242 g/mol. The number of amides is 2. The fourth-order valence-electron chi connectivity index (χ4n) is 0.634. The topological polar surface area (TPSA) is 203 Å². The first kappa shape index (κ1) is 12.1. The van der Waals surface area contributed by atoms with Gasteiger partial charge < -0.3 is 15.8 Å². The van der Waals surface area contributed by atoms with Crippen LogP contribution in [0.4, 0.5) is 16.7 Å². The number of anilines is 2. The molecule has 2 heterocycles. The van der Waals surface area contributed by atoms with Crippen molar-refractivity contribution in [2.24, 2.45) is 21.1 Å². The number of azo groups is 1. The molecule has 0 bridgehead atoms. The van der Waals surface area contributed by atoms with Gasteiger partial charge in [-0.05, 0) is 4.92 Å². The monoisotopic (exact) mass is 242 g/mol. The van der Waals surface area contributed by atoms with E-state index in [1.54, 1.807) is 0 Å². The van der Waals surface area contributed by atoms with Crippen LogP contribution in [0.3, 0.4) is 0 Å². The van der Waals surface area contributed by atoms with Gasteiger partial charge in [-0.3, -0.25) is 5.43 Å². The number of carbonyl (C=O) groups excluding carboxylic acids is 1. The lowest BCUT2D eigenvalue weighted by Gasteiger charge is -1.82. The van der Waals surface area contributed by atoms with Crippen LogP contribution < -0.4 is 17.0 Å². The molecule has 0 aromatic carbocycles. The summed E-state index contributed by atoms with van der Waals surface area (Å²) in [5.41, 5.74) is 7.34. The van der Waals surface area contributed by atoms with Gasteiger partial charge in [0.1, 0.15) is 0 Å². The number of nitrogens with zero attached hydrogens (tertiary/aromatic N) is 6. The largest absolute Gasteiger partial charge is 0.496 e. The minimum atomic E-state index is -0.929. The van der Waals surface area contributed by atoms with Crippen molar-refractivity contribution in [2.75, 3.05) is 11.2 Å². The lowest BCUT2D eigenvalue weighted by atomic mass is 11.0. The molecule has 6 N–H and O–H groups in total. The highest BCUT2D eigenvalue weighted by Gasteiger charge is 2.23. The lowest BCUT2D eigenvalue weighted by Crippen LogP contribution is -2.08. The van der Waals surface area contributed by atoms with E-state index in [4.69, 9.17) is 11.6 Å². The van der Waals surface area contributed by atoms with Gasteiger partial charge in [0.25, 0.3) is 5.95 Å². The van der Waals surface area contributed by atoms with Crippen molar-refractivity contribution in [2.45, 2.75) is 0 Å². The Kier molecular flexibility index (Phi) is 3.71. The zero-order valence-corrected chi connectivity index (χ0v) is 8.06. The van der Waals surface area contributed by atoms with E-state index < -0.39 is 16.9 Å². The van der Waals surface area contributed by atoms with Gasteiger partial charge in [0.15, 0.2) is 0 Å². The number of carbonyl (C=O) groups is 1. The van der Waals surface area contributed by atoms with E-state index in [1.807, 2.05) is 0 Å². The quantitative estimate of drug-likeness (QED) is 0.269. The first-order chi connectivity index (χ1) is 8.02. The molecule has 13 nitrogen and oxygen atoms in total. The molecular formula is C4H6N10O3. The molecule has 13 heteroatoms. The number of H-pyrrole nitrogens is 1. The molecule has 2 amide bonds. The first-order valence-electron chi connectivity index (χ1n) is 3.86. The molecule has 0 atom stereocenters. The van der Waals surface area contributed by atoms with Gasteiger partial charge >= 0.3 is 12.0 Å². The summed E-state index contributed by atoms with van der Waals surface area (Å²) in [6.07, 6.45) is 0. The molecule has 0 saturated heterocycles. The molecule has 1 aromatic rings. The van der Waals surface area contributed by atoms with E-state index in [0.717, 1.165) is 0 Å². The minimum absolute atomic E-state index is 0.248. The Morgan fingerprint density at radius 1 is 1.41 bits per heavy atom. The number of rotatable bonds is 1. The average Bonchev–Trinajstić information content (AvgIpc) is 2.88. The van der Waals surface area contributed by atoms with Crippen LogP contribution in [0.2, 0.25) is 0 Å². The molecule has 0 unspecified atom stereocenters. The molecule has 90 valence electrons. The van der Waals surface area contributed by atoms with Crippen LogP contribution in [-0.2, 0) is 0 Å². The van der Waals surface area contributed by atoms with E-state index in [1.165, 1.54) is 0 Å². The van der Waals surface area contributed by atoms with Crippen molar-refractivity contribution in [1.82, 2.24) is 15.2 Å². The third kappa shape index (κ3) is 3.59. The van der Waals surface area contributed by atoms with Crippen LogP contribution >= 0.6 is 0 Å². The molecule has 0 aliphatic carbocycles. The molecule has 1 aliphatic heterocycles. The summed E-state index contributed by atoms with van der Waals surface area (Å²) in [4.78, 5) is 25.3. The molecule has 2 rings (SSSR count). The summed E-state index contributed by atoms with van der Waals surface area (Å²) in [5.74, 6) is 4.70. The van der Waals surface area contributed by atoms with Crippen LogP contribution in [0.25, 0.3) is 0 Å². The molecule has 0 saturated carbocycles. The number of hydrogen-bond donors (Lipinski definition) is 4. The lowest BCUT2D eigenvalue weighted by molar-refractivity contribution is -0.351. The van der Waals surface area contributed by atoms with Crippen molar-refractivity contribution in [3.63, 3.8) is 0 Å². The number of aromatic amines is 1. The van der Waals surface area contributed by atoms with Crippen molar-refractivity contribution >= 4 is 23.9 Å². The Hall–Kier alpha value is -2.96. The SMILES string of the molecule is NNc1n[nH]c(N)n1.O=C1N=NC([N+](=O)[O-])=N1. The van der Waals surface area contributed by atoms with Crippen LogP contribution in [0.5, 0.6) is 0 Å². The van der Waals surface area contributed by atoms with Crippen LogP contribution in [0, 0.1) is 10.1 Å². The van der Waals surface area contributed by atoms with Crippen molar-refractivity contribution in [1.29, 1.82) is 0 Å². The standard InChI is InChI=1S/C2H6N6.C2N4O3/c3-1-5-2(6-4)8-7-1;7-2-3-1(4-5-2)6(8)9/h4H2,(H4,3,5,6,7,8);.